The molecule has 0 fully saturated rings. The number of ether oxygens (including phenoxy) is 1. The maximum Gasteiger partial charge on any atom is 0.340 e. The van der Waals surface area contributed by atoms with Gasteiger partial charge in [-0.15, -0.1) is 0 Å². The molecule has 1 aliphatic rings. The number of benzene rings is 1. The minimum Gasteiger partial charge on any atom is -0.465 e. The molecule has 0 saturated heterocycles. The number of esters is 1. The predicted octanol–water partition coefficient (Wildman–Crippen LogP) is 2.09. The van der Waals surface area contributed by atoms with Crippen LogP contribution in [0.1, 0.15) is 24.2 Å². The molecule has 4 nitrogen and oxygen atoms in total. The molecule has 0 aliphatic carbocycles. The Labute approximate surface area is 95.0 Å². The van der Waals surface area contributed by atoms with Crippen LogP contribution in [0.25, 0.3) is 0 Å². The van der Waals surface area contributed by atoms with Gasteiger partial charge in [-0.3, -0.25) is 0 Å². The highest BCUT2D eigenvalue weighted by atomic mass is 16.5. The average molecular weight is 220 g/mol. The lowest BCUT2D eigenvalue weighted by Crippen LogP contribution is -2.42. The van der Waals surface area contributed by atoms with Gasteiger partial charge in [-0.1, -0.05) is 6.07 Å². The third kappa shape index (κ3) is 1.83. The SMILES string of the molecule is COC(=O)c1cccc2c1NCC(C)(C)N2. The van der Waals surface area contributed by atoms with Gasteiger partial charge in [0.1, 0.15) is 0 Å². The van der Waals surface area contributed by atoms with Crippen LogP contribution in [0.15, 0.2) is 18.2 Å². The lowest BCUT2D eigenvalue weighted by Gasteiger charge is -2.35. The van der Waals surface area contributed by atoms with Crippen LogP contribution < -0.4 is 10.6 Å². The van der Waals surface area contributed by atoms with Crippen LogP contribution in [0.3, 0.4) is 0 Å². The van der Waals surface area contributed by atoms with Crippen molar-refractivity contribution in [1.29, 1.82) is 0 Å². The number of hydrogen-bond donors (Lipinski definition) is 2. The quantitative estimate of drug-likeness (QED) is 0.711. The molecule has 2 N–H and O–H groups in total. The molecule has 0 spiro atoms. The van der Waals surface area contributed by atoms with Crippen LogP contribution >= 0.6 is 0 Å². The van der Waals surface area contributed by atoms with Crippen molar-refractivity contribution in [3.8, 4) is 0 Å². The summed E-state index contributed by atoms with van der Waals surface area (Å²) in [4.78, 5) is 11.6. The third-order valence-corrected chi connectivity index (χ3v) is 2.65. The molecular weight excluding hydrogens is 204 g/mol. The second-order valence-corrected chi connectivity index (χ2v) is 4.58. The molecule has 16 heavy (non-hydrogen) atoms. The molecule has 0 amide bonds. The molecule has 4 heteroatoms. The number of carbonyl (C=O) groups excluding carboxylic acids is 1. The van der Waals surface area contributed by atoms with E-state index in [-0.39, 0.29) is 11.5 Å². The van der Waals surface area contributed by atoms with E-state index >= 15 is 0 Å². The monoisotopic (exact) mass is 220 g/mol. The summed E-state index contributed by atoms with van der Waals surface area (Å²) in [7, 11) is 1.39. The Morgan fingerprint density at radius 3 is 2.88 bits per heavy atom. The first-order valence-corrected chi connectivity index (χ1v) is 5.27. The summed E-state index contributed by atoms with van der Waals surface area (Å²) >= 11 is 0. The number of methoxy groups -OCH3 is 1. The molecule has 1 aromatic carbocycles. The van der Waals surface area contributed by atoms with Crippen molar-refractivity contribution in [1.82, 2.24) is 0 Å². The molecule has 0 radical (unpaired) electrons. The van der Waals surface area contributed by atoms with E-state index < -0.39 is 0 Å². The number of fused-ring (bicyclic) bond motifs is 1. The Bertz CT molecular complexity index is 427. The fourth-order valence-corrected chi connectivity index (χ4v) is 1.85. The number of hydrogen-bond acceptors (Lipinski definition) is 4. The van der Waals surface area contributed by atoms with Gasteiger partial charge in [-0.2, -0.15) is 0 Å². The van der Waals surface area contributed by atoms with Crippen molar-refractivity contribution in [3.63, 3.8) is 0 Å². The number of carbonyl (C=O) groups is 1. The minimum absolute atomic E-state index is 0.0122. The van der Waals surface area contributed by atoms with Crippen LogP contribution in [0.5, 0.6) is 0 Å². The van der Waals surface area contributed by atoms with Gasteiger partial charge in [0.05, 0.1) is 24.0 Å². The Morgan fingerprint density at radius 1 is 1.44 bits per heavy atom. The molecule has 86 valence electrons. The summed E-state index contributed by atoms with van der Waals surface area (Å²) in [5.74, 6) is -0.314. The summed E-state index contributed by atoms with van der Waals surface area (Å²) in [6, 6.07) is 5.56. The number of anilines is 2. The largest absolute Gasteiger partial charge is 0.465 e. The number of rotatable bonds is 1. The summed E-state index contributed by atoms with van der Waals surface area (Å²) in [6.07, 6.45) is 0. The van der Waals surface area contributed by atoms with Gasteiger partial charge in [-0.05, 0) is 26.0 Å². The Hall–Kier alpha value is -1.71. The first-order chi connectivity index (χ1) is 7.53. The van der Waals surface area contributed by atoms with Crippen LogP contribution in [0.2, 0.25) is 0 Å². The fourth-order valence-electron chi connectivity index (χ4n) is 1.85. The lowest BCUT2D eigenvalue weighted by atomic mass is 9.99. The molecule has 2 rings (SSSR count). The van der Waals surface area contributed by atoms with Crippen LogP contribution in [0.4, 0.5) is 11.4 Å². The minimum atomic E-state index is -0.314. The molecule has 0 aromatic heterocycles. The van der Waals surface area contributed by atoms with E-state index in [1.807, 2.05) is 12.1 Å². The van der Waals surface area contributed by atoms with E-state index in [0.29, 0.717) is 5.56 Å². The topological polar surface area (TPSA) is 50.4 Å². The molecule has 0 bridgehead atoms. The first-order valence-electron chi connectivity index (χ1n) is 5.27. The Balaban J connectivity index is 2.43. The lowest BCUT2D eigenvalue weighted by molar-refractivity contribution is 0.0601. The zero-order chi connectivity index (χ0) is 11.8. The summed E-state index contributed by atoms with van der Waals surface area (Å²) in [5, 5.41) is 6.66. The summed E-state index contributed by atoms with van der Waals surface area (Å²) in [6.45, 7) is 4.98. The van der Waals surface area contributed by atoms with E-state index in [4.69, 9.17) is 4.74 Å². The summed E-state index contributed by atoms with van der Waals surface area (Å²) in [5.41, 5.74) is 2.33. The standard InChI is InChI=1S/C12H16N2O2/c1-12(2)7-13-10-8(11(15)16-3)5-4-6-9(10)14-12/h4-6,13-14H,7H2,1-3H3. The highest BCUT2D eigenvalue weighted by molar-refractivity contribution is 5.99. The van der Waals surface area contributed by atoms with Crippen molar-refractivity contribution in [2.75, 3.05) is 24.3 Å². The van der Waals surface area contributed by atoms with Crippen molar-refractivity contribution in [2.24, 2.45) is 0 Å². The van der Waals surface area contributed by atoms with Gasteiger partial charge in [-0.25, -0.2) is 4.79 Å². The highest BCUT2D eigenvalue weighted by Crippen LogP contribution is 2.33. The summed E-state index contributed by atoms with van der Waals surface area (Å²) < 4.78 is 4.75. The third-order valence-electron chi connectivity index (χ3n) is 2.65. The Kier molecular flexibility index (Phi) is 2.50. The molecule has 0 saturated carbocycles. The first kappa shape index (κ1) is 10.8. The maximum atomic E-state index is 11.6. The number of para-hydroxylation sites is 1. The normalized spacial score (nSPS) is 16.7. The zero-order valence-corrected chi connectivity index (χ0v) is 9.76. The Morgan fingerprint density at radius 2 is 2.19 bits per heavy atom. The van der Waals surface area contributed by atoms with Crippen molar-refractivity contribution in [3.05, 3.63) is 23.8 Å². The smallest absolute Gasteiger partial charge is 0.340 e. The van der Waals surface area contributed by atoms with Crippen molar-refractivity contribution in [2.45, 2.75) is 19.4 Å². The predicted molar refractivity (Wildman–Crippen MR) is 64.0 cm³/mol. The van der Waals surface area contributed by atoms with Gasteiger partial charge >= 0.3 is 5.97 Å². The maximum absolute atomic E-state index is 11.6. The number of nitrogens with one attached hydrogen (secondary N) is 2. The fraction of sp³-hybridized carbons (Fsp3) is 0.417. The highest BCUT2D eigenvalue weighted by Gasteiger charge is 2.26. The van der Waals surface area contributed by atoms with E-state index in [0.717, 1.165) is 17.9 Å². The molecule has 0 unspecified atom stereocenters. The van der Waals surface area contributed by atoms with Gasteiger partial charge in [0.25, 0.3) is 0 Å². The van der Waals surface area contributed by atoms with E-state index in [9.17, 15) is 4.79 Å². The van der Waals surface area contributed by atoms with Gasteiger partial charge in [0.2, 0.25) is 0 Å². The van der Waals surface area contributed by atoms with Crippen molar-refractivity contribution >= 4 is 17.3 Å². The second kappa shape index (κ2) is 3.70. The molecule has 1 aliphatic heterocycles. The van der Waals surface area contributed by atoms with E-state index in [2.05, 4.69) is 24.5 Å². The molecule has 0 atom stereocenters. The van der Waals surface area contributed by atoms with E-state index in [1.165, 1.54) is 7.11 Å². The average Bonchev–Trinajstić information content (AvgIpc) is 2.25. The van der Waals surface area contributed by atoms with Gasteiger partial charge < -0.3 is 15.4 Å². The molecule has 1 heterocycles. The van der Waals surface area contributed by atoms with Crippen LogP contribution in [-0.4, -0.2) is 25.2 Å². The molecule has 1 aromatic rings. The second-order valence-electron chi connectivity index (χ2n) is 4.58. The van der Waals surface area contributed by atoms with Crippen molar-refractivity contribution < 1.29 is 9.53 Å². The molecular formula is C12H16N2O2. The van der Waals surface area contributed by atoms with Crippen LogP contribution in [-0.2, 0) is 4.74 Å². The van der Waals surface area contributed by atoms with Gasteiger partial charge in [0, 0.05) is 12.1 Å². The van der Waals surface area contributed by atoms with Crippen LogP contribution in [0, 0.1) is 0 Å². The van der Waals surface area contributed by atoms with E-state index in [1.54, 1.807) is 6.07 Å². The zero-order valence-electron chi connectivity index (χ0n) is 9.76. The van der Waals surface area contributed by atoms with Gasteiger partial charge in [0.15, 0.2) is 0 Å².